The van der Waals surface area contributed by atoms with Crippen molar-refractivity contribution in [2.24, 2.45) is 46.0 Å². The van der Waals surface area contributed by atoms with E-state index >= 15 is 0 Å². The Kier molecular flexibility index (Phi) is 11.6. The number of fused-ring (bicyclic) bond motifs is 9. The number of nitrogens with two attached hydrogens (primary N) is 2. The summed E-state index contributed by atoms with van der Waals surface area (Å²) in [5.41, 5.74) is 16.5. The molecule has 0 aromatic heterocycles. The number of allylic oxidation sites excluding steroid dienone is 1. The number of benzene rings is 3. The number of phenolic OH excluding ortho intramolecular Hbond substituents is 1. The lowest BCUT2D eigenvalue weighted by molar-refractivity contribution is -0.0416. The van der Waals surface area contributed by atoms with Crippen molar-refractivity contribution < 1.29 is 42.9 Å². The monoisotopic (exact) mass is 825 g/mol. The summed E-state index contributed by atoms with van der Waals surface area (Å²) in [5.74, 6) is 4.69. The first-order chi connectivity index (χ1) is 28.3. The Labute approximate surface area is 346 Å². The SMILES string of the molecule is CC1CCc2cc3ccc2C1CC(S(=O)(=O)O)C1C=C2CC(CC4OC2c2ccc(O)cc2C#CCC4CO)C1c1ccc(cc1)C(CC(CO)CCO)(N=C(N)N)O3. The molecule has 1 fully saturated rings. The number of aliphatic hydroxyl groups excluding tert-OH is 3. The lowest BCUT2D eigenvalue weighted by Crippen LogP contribution is -2.40. The number of aliphatic imine (C=N–C) groups is 1. The molecule has 5 heterocycles. The molecule has 0 radical (unpaired) electrons. The van der Waals surface area contributed by atoms with Crippen LogP contribution in [0.2, 0.25) is 0 Å². The third kappa shape index (κ3) is 8.11. The zero-order valence-corrected chi connectivity index (χ0v) is 34.1. The molecule has 10 bridgehead atoms. The molecule has 3 aromatic carbocycles. The Hall–Kier alpha value is -4.42. The van der Waals surface area contributed by atoms with Crippen LogP contribution in [-0.2, 0) is 27.0 Å². The summed E-state index contributed by atoms with van der Waals surface area (Å²) < 4.78 is 53.4. The van der Waals surface area contributed by atoms with E-state index in [0.29, 0.717) is 36.1 Å². The molecular weight excluding hydrogens is 771 g/mol. The number of aryl methyl sites for hydroxylation is 1. The number of aromatic hydroxyl groups is 1. The highest BCUT2D eigenvalue weighted by Gasteiger charge is 2.49. The van der Waals surface area contributed by atoms with Gasteiger partial charge in [0.1, 0.15) is 17.6 Å². The van der Waals surface area contributed by atoms with E-state index in [4.69, 9.17) is 25.9 Å². The van der Waals surface area contributed by atoms with E-state index in [1.54, 1.807) is 12.1 Å². The van der Waals surface area contributed by atoms with E-state index in [1.807, 2.05) is 54.6 Å². The first-order valence-corrected chi connectivity index (χ1v) is 22.3. The van der Waals surface area contributed by atoms with Gasteiger partial charge in [0.15, 0.2) is 5.96 Å². The zero-order chi connectivity index (χ0) is 41.6. The van der Waals surface area contributed by atoms with Crippen LogP contribution < -0.4 is 16.2 Å². The molecular formula is C46H55N3O9S. The largest absolute Gasteiger partial charge is 0.508 e. The molecule has 9 N–H and O–H groups in total. The molecule has 5 aliphatic heterocycles. The molecule has 59 heavy (non-hydrogen) atoms. The van der Waals surface area contributed by atoms with E-state index in [1.165, 1.54) is 0 Å². The molecule has 2 aliphatic carbocycles. The van der Waals surface area contributed by atoms with Gasteiger partial charge in [-0.15, -0.1) is 0 Å². The summed E-state index contributed by atoms with van der Waals surface area (Å²) in [6, 6.07) is 18.5. The van der Waals surface area contributed by atoms with E-state index in [2.05, 4.69) is 18.8 Å². The molecule has 0 spiro atoms. The van der Waals surface area contributed by atoms with Crippen molar-refractivity contribution >= 4 is 16.1 Å². The Morgan fingerprint density at radius 2 is 1.81 bits per heavy atom. The van der Waals surface area contributed by atoms with Gasteiger partial charge in [-0.25, -0.2) is 4.99 Å². The minimum Gasteiger partial charge on any atom is -0.508 e. The fourth-order valence-electron chi connectivity index (χ4n) is 10.8. The van der Waals surface area contributed by atoms with Crippen molar-refractivity contribution in [2.45, 2.75) is 93.3 Å². The normalized spacial score (nSPS) is 31.4. The Balaban J connectivity index is 1.37. The van der Waals surface area contributed by atoms with Gasteiger partial charge in [0.25, 0.3) is 10.1 Å². The number of nitrogens with zero attached hydrogens (tertiary/aromatic N) is 1. The molecule has 12 nitrogen and oxygen atoms in total. The average molecular weight is 826 g/mol. The number of ether oxygens (including phenoxy) is 2. The highest BCUT2D eigenvalue weighted by Crippen LogP contribution is 2.55. The molecule has 3 aromatic rings. The van der Waals surface area contributed by atoms with Crippen LogP contribution in [0.15, 0.2) is 77.3 Å². The van der Waals surface area contributed by atoms with Gasteiger partial charge >= 0.3 is 0 Å². The van der Waals surface area contributed by atoms with Gasteiger partial charge in [-0.1, -0.05) is 61.2 Å². The molecule has 0 saturated carbocycles. The predicted octanol–water partition coefficient (Wildman–Crippen LogP) is 5.14. The Morgan fingerprint density at radius 3 is 2.53 bits per heavy atom. The summed E-state index contributed by atoms with van der Waals surface area (Å²) in [5, 5.41) is 40.4. The van der Waals surface area contributed by atoms with Crippen molar-refractivity contribution in [2.75, 3.05) is 19.8 Å². The van der Waals surface area contributed by atoms with Crippen LogP contribution in [0.25, 0.3) is 0 Å². The third-order valence-corrected chi connectivity index (χ3v) is 15.0. The van der Waals surface area contributed by atoms with Crippen molar-refractivity contribution in [3.8, 4) is 23.3 Å². The van der Waals surface area contributed by atoms with Crippen LogP contribution in [0.1, 0.15) is 103 Å². The minimum absolute atomic E-state index is 0.0667. The van der Waals surface area contributed by atoms with E-state index in [-0.39, 0.29) is 74.5 Å². The van der Waals surface area contributed by atoms with Crippen molar-refractivity contribution in [3.63, 3.8) is 0 Å². The van der Waals surface area contributed by atoms with Crippen molar-refractivity contribution in [1.82, 2.24) is 0 Å². The summed E-state index contributed by atoms with van der Waals surface area (Å²) in [6.07, 6.45) is 4.56. The summed E-state index contributed by atoms with van der Waals surface area (Å²) in [7, 11) is -4.65. The predicted molar refractivity (Wildman–Crippen MR) is 223 cm³/mol. The lowest BCUT2D eigenvalue weighted by atomic mass is 9.64. The lowest BCUT2D eigenvalue weighted by Gasteiger charge is -2.42. The molecule has 13 heteroatoms. The van der Waals surface area contributed by atoms with Crippen LogP contribution in [0.3, 0.4) is 0 Å². The maximum Gasteiger partial charge on any atom is 0.268 e. The second kappa shape index (κ2) is 16.6. The number of hydrogen-bond donors (Lipinski definition) is 7. The molecule has 1 saturated heterocycles. The number of phenols is 1. The van der Waals surface area contributed by atoms with Crippen LogP contribution >= 0.6 is 0 Å². The van der Waals surface area contributed by atoms with Crippen LogP contribution in [0.5, 0.6) is 11.5 Å². The second-order valence-corrected chi connectivity index (χ2v) is 19.0. The molecule has 314 valence electrons. The van der Waals surface area contributed by atoms with E-state index in [0.717, 1.165) is 40.7 Å². The van der Waals surface area contributed by atoms with Crippen LogP contribution in [0.4, 0.5) is 0 Å². The molecule has 7 aliphatic rings. The maximum absolute atomic E-state index is 14.0. The fourth-order valence-corrected chi connectivity index (χ4v) is 11.9. The first-order valence-electron chi connectivity index (χ1n) is 20.8. The maximum atomic E-state index is 14.0. The minimum atomic E-state index is -4.65. The Bertz CT molecular complexity index is 2280. The zero-order valence-electron chi connectivity index (χ0n) is 33.3. The number of aliphatic hydroxyl groups is 3. The number of guanidine groups is 1. The summed E-state index contributed by atoms with van der Waals surface area (Å²) in [6.45, 7) is 1.59. The smallest absolute Gasteiger partial charge is 0.268 e. The third-order valence-electron chi connectivity index (χ3n) is 13.7. The fraction of sp³-hybridized carbons (Fsp3) is 0.500. The quantitative estimate of drug-likeness (QED) is 0.0519. The number of rotatable bonds is 8. The summed E-state index contributed by atoms with van der Waals surface area (Å²) in [4.78, 5) is 4.73. The van der Waals surface area contributed by atoms with Gasteiger partial charge in [0.2, 0.25) is 5.72 Å². The van der Waals surface area contributed by atoms with Gasteiger partial charge in [0.05, 0.1) is 11.4 Å². The number of hydrogen-bond acceptors (Lipinski definition) is 9. The van der Waals surface area contributed by atoms with Crippen LogP contribution in [0, 0.1) is 41.4 Å². The first kappa shape index (κ1) is 41.3. The highest BCUT2D eigenvalue weighted by molar-refractivity contribution is 7.86. The average Bonchev–Trinajstić information content (AvgIpc) is 3.29. The molecule has 11 atom stereocenters. The van der Waals surface area contributed by atoms with E-state index < -0.39 is 51.1 Å². The van der Waals surface area contributed by atoms with E-state index in [9.17, 15) is 33.4 Å². The van der Waals surface area contributed by atoms with Crippen molar-refractivity contribution in [1.29, 1.82) is 0 Å². The van der Waals surface area contributed by atoms with Gasteiger partial charge in [-0.3, -0.25) is 4.55 Å². The van der Waals surface area contributed by atoms with Gasteiger partial charge < -0.3 is 41.4 Å². The molecule has 10 rings (SSSR count). The van der Waals surface area contributed by atoms with Gasteiger partial charge in [-0.05, 0) is 115 Å². The standard InChI is InChI=1S/C46H55N3O9S/c1-26-5-6-30-19-36-12-14-37(30)39(26)22-42(59(54,55)56)40-20-33-17-32(21-41-31(25-52)4-2-3-29-18-35(53)11-13-38(29)44(33)57-41)43(40)28-7-9-34(10-8-28)46(58-36,49-45(47)48)23-27(24-51)15-16-50/h7-14,18-20,26-27,31-32,39-44,50-53H,4-6,15-17,21-25H2,1H3,(H4,47,48,49)(H,54,55,56). The summed E-state index contributed by atoms with van der Waals surface area (Å²) >= 11 is 0. The molecule has 0 amide bonds. The van der Waals surface area contributed by atoms with Gasteiger partial charge in [0, 0.05) is 61.2 Å². The topological polar surface area (TPSA) is 218 Å². The van der Waals surface area contributed by atoms with Crippen molar-refractivity contribution in [3.05, 3.63) is 106 Å². The second-order valence-electron chi connectivity index (χ2n) is 17.4. The Morgan fingerprint density at radius 1 is 1.03 bits per heavy atom. The molecule has 11 unspecified atom stereocenters. The highest BCUT2D eigenvalue weighted by atomic mass is 32.2. The van der Waals surface area contributed by atoms with Gasteiger partial charge in [-0.2, -0.15) is 8.42 Å². The van der Waals surface area contributed by atoms with Crippen LogP contribution in [-0.4, -0.2) is 70.5 Å².